The Labute approximate surface area is 112 Å². The van der Waals surface area contributed by atoms with Crippen molar-refractivity contribution >= 4 is 0 Å². The summed E-state index contributed by atoms with van der Waals surface area (Å²) in [6.07, 6.45) is 6.97. The van der Waals surface area contributed by atoms with Crippen LogP contribution in [0.5, 0.6) is 0 Å². The molecule has 2 aromatic heterocycles. The molecular weight excluding hydrogens is 240 g/mol. The smallest absolute Gasteiger partial charge is 0.228 e. The Kier molecular flexibility index (Phi) is 3.29. The molecule has 1 aliphatic carbocycles. The van der Waals surface area contributed by atoms with Crippen LogP contribution >= 0.6 is 0 Å². The molecule has 0 saturated heterocycles. The Bertz CT molecular complexity index is 562. The van der Waals surface area contributed by atoms with Gasteiger partial charge in [0.05, 0.1) is 0 Å². The first kappa shape index (κ1) is 12.3. The van der Waals surface area contributed by atoms with Crippen molar-refractivity contribution in [3.05, 3.63) is 29.9 Å². The van der Waals surface area contributed by atoms with Crippen LogP contribution in [-0.2, 0) is 6.42 Å². The van der Waals surface area contributed by atoms with Crippen LogP contribution in [0.4, 0.5) is 0 Å². The summed E-state index contributed by atoms with van der Waals surface area (Å²) >= 11 is 0. The van der Waals surface area contributed by atoms with Crippen molar-refractivity contribution in [2.45, 2.75) is 32.2 Å². The molecule has 0 spiro atoms. The molecule has 1 N–H and O–H groups in total. The van der Waals surface area contributed by atoms with E-state index in [0.717, 1.165) is 23.5 Å². The molecule has 1 unspecified atom stereocenters. The van der Waals surface area contributed by atoms with Gasteiger partial charge in [0.1, 0.15) is 0 Å². The molecule has 0 aliphatic heterocycles. The fraction of sp³-hybridized carbons (Fsp3) is 0.500. The second-order valence-electron chi connectivity index (χ2n) is 5.14. The predicted molar refractivity (Wildman–Crippen MR) is 71.5 cm³/mol. The van der Waals surface area contributed by atoms with Gasteiger partial charge in [-0.05, 0) is 44.4 Å². The number of likely N-dealkylation sites (N-methyl/N-ethyl adjacent to an activating group) is 1. The minimum absolute atomic E-state index is 0.451. The maximum Gasteiger partial charge on any atom is 0.228 e. The molecule has 2 aromatic rings. The molecule has 1 fully saturated rings. The van der Waals surface area contributed by atoms with E-state index in [2.05, 4.69) is 20.4 Å². The minimum atomic E-state index is 0.451. The van der Waals surface area contributed by atoms with E-state index >= 15 is 0 Å². The maximum atomic E-state index is 5.36. The quantitative estimate of drug-likeness (QED) is 0.888. The van der Waals surface area contributed by atoms with Gasteiger partial charge in [-0.1, -0.05) is 5.16 Å². The van der Waals surface area contributed by atoms with E-state index in [1.807, 2.05) is 26.2 Å². The molecule has 1 aliphatic rings. The summed E-state index contributed by atoms with van der Waals surface area (Å²) in [5.41, 5.74) is 2.04. The molecule has 1 saturated carbocycles. The highest BCUT2D eigenvalue weighted by Crippen LogP contribution is 2.33. The van der Waals surface area contributed by atoms with Gasteiger partial charge < -0.3 is 9.84 Å². The summed E-state index contributed by atoms with van der Waals surface area (Å²) in [6, 6.07) is 2.37. The number of aryl methyl sites for hydroxylation is 1. The third-order valence-electron chi connectivity index (χ3n) is 3.69. The lowest BCUT2D eigenvalue weighted by Gasteiger charge is -2.11. The molecule has 2 heterocycles. The van der Waals surface area contributed by atoms with E-state index in [-0.39, 0.29) is 0 Å². The maximum absolute atomic E-state index is 5.36. The van der Waals surface area contributed by atoms with Crippen molar-refractivity contribution in [3.8, 4) is 11.4 Å². The van der Waals surface area contributed by atoms with E-state index < -0.39 is 0 Å². The first-order chi connectivity index (χ1) is 9.28. The zero-order chi connectivity index (χ0) is 13.2. The molecule has 5 nitrogen and oxygen atoms in total. The zero-order valence-corrected chi connectivity index (χ0v) is 11.3. The number of rotatable bonds is 5. The summed E-state index contributed by atoms with van der Waals surface area (Å²) < 4.78 is 5.36. The lowest BCUT2D eigenvalue weighted by molar-refractivity contribution is 0.352. The molecule has 0 bridgehead atoms. The van der Waals surface area contributed by atoms with Crippen LogP contribution in [0.1, 0.15) is 24.3 Å². The Hall–Kier alpha value is -1.75. The van der Waals surface area contributed by atoms with Crippen molar-refractivity contribution in [1.82, 2.24) is 20.4 Å². The molecule has 1 atom stereocenters. The molecule has 100 valence electrons. The lowest BCUT2D eigenvalue weighted by atomic mass is 10.1. The first-order valence-corrected chi connectivity index (χ1v) is 6.68. The summed E-state index contributed by atoms with van der Waals surface area (Å²) in [5.74, 6) is 2.13. The van der Waals surface area contributed by atoms with Gasteiger partial charge in [0.15, 0.2) is 0 Å². The van der Waals surface area contributed by atoms with Crippen molar-refractivity contribution in [2.75, 3.05) is 7.05 Å². The third-order valence-corrected chi connectivity index (χ3v) is 3.69. The number of pyridine rings is 1. The normalized spacial score (nSPS) is 16.5. The van der Waals surface area contributed by atoms with Gasteiger partial charge in [0.2, 0.25) is 11.7 Å². The Morgan fingerprint density at radius 1 is 1.47 bits per heavy atom. The van der Waals surface area contributed by atoms with Gasteiger partial charge >= 0.3 is 0 Å². The van der Waals surface area contributed by atoms with Crippen LogP contribution < -0.4 is 5.32 Å². The fourth-order valence-corrected chi connectivity index (χ4v) is 2.36. The Morgan fingerprint density at radius 3 is 3.00 bits per heavy atom. The highest BCUT2D eigenvalue weighted by atomic mass is 16.5. The van der Waals surface area contributed by atoms with Gasteiger partial charge in [-0.15, -0.1) is 0 Å². The number of hydrogen-bond acceptors (Lipinski definition) is 5. The zero-order valence-electron chi connectivity index (χ0n) is 11.3. The monoisotopic (exact) mass is 258 g/mol. The van der Waals surface area contributed by atoms with Crippen LogP contribution in [0.15, 0.2) is 23.0 Å². The second-order valence-corrected chi connectivity index (χ2v) is 5.14. The largest absolute Gasteiger partial charge is 0.339 e. The van der Waals surface area contributed by atoms with Gasteiger partial charge in [0, 0.05) is 30.4 Å². The highest BCUT2D eigenvalue weighted by molar-refractivity contribution is 5.57. The summed E-state index contributed by atoms with van der Waals surface area (Å²) in [6.45, 7) is 2.00. The van der Waals surface area contributed by atoms with Crippen LogP contribution in [0, 0.1) is 12.8 Å². The van der Waals surface area contributed by atoms with Gasteiger partial charge in [-0.3, -0.25) is 4.98 Å². The van der Waals surface area contributed by atoms with Crippen LogP contribution in [0.3, 0.4) is 0 Å². The van der Waals surface area contributed by atoms with Crippen molar-refractivity contribution in [2.24, 2.45) is 5.92 Å². The molecular formula is C14H18N4O. The van der Waals surface area contributed by atoms with Crippen molar-refractivity contribution in [1.29, 1.82) is 0 Å². The summed E-state index contributed by atoms with van der Waals surface area (Å²) in [7, 11) is 1.99. The van der Waals surface area contributed by atoms with Crippen molar-refractivity contribution in [3.63, 3.8) is 0 Å². The van der Waals surface area contributed by atoms with Crippen LogP contribution in [-0.4, -0.2) is 28.2 Å². The minimum Gasteiger partial charge on any atom is -0.339 e. The predicted octanol–water partition coefficient (Wildman–Crippen LogP) is 1.98. The Balaban J connectivity index is 1.77. The highest BCUT2D eigenvalue weighted by Gasteiger charge is 2.31. The number of aromatic nitrogens is 3. The number of nitrogens with one attached hydrogen (secondary N) is 1. The topological polar surface area (TPSA) is 63.8 Å². The first-order valence-electron chi connectivity index (χ1n) is 6.68. The Morgan fingerprint density at radius 2 is 2.32 bits per heavy atom. The summed E-state index contributed by atoms with van der Waals surface area (Å²) in [4.78, 5) is 8.57. The lowest BCUT2D eigenvalue weighted by Crippen LogP contribution is -2.29. The van der Waals surface area contributed by atoms with Crippen LogP contribution in [0.25, 0.3) is 11.4 Å². The molecule has 0 aromatic carbocycles. The molecule has 19 heavy (non-hydrogen) atoms. The standard InChI is InChI=1S/C14H18N4O/c1-9-8-16-6-5-11(9)14-17-13(19-18-14)7-12(15-2)10-3-4-10/h5-6,8,10,12,15H,3-4,7H2,1-2H3. The van der Waals surface area contributed by atoms with E-state index in [0.29, 0.717) is 17.8 Å². The average Bonchev–Trinajstić information content (AvgIpc) is 3.16. The third kappa shape index (κ3) is 2.66. The number of hydrogen-bond donors (Lipinski definition) is 1. The van der Waals surface area contributed by atoms with Gasteiger partial charge in [-0.25, -0.2) is 0 Å². The molecule has 5 heteroatoms. The number of nitrogens with zero attached hydrogens (tertiary/aromatic N) is 3. The van der Waals surface area contributed by atoms with Gasteiger partial charge in [-0.2, -0.15) is 4.98 Å². The average molecular weight is 258 g/mol. The van der Waals surface area contributed by atoms with E-state index in [1.54, 1.807) is 6.20 Å². The second kappa shape index (κ2) is 5.09. The van der Waals surface area contributed by atoms with Gasteiger partial charge in [0.25, 0.3) is 0 Å². The molecule has 0 amide bonds. The van der Waals surface area contributed by atoms with Crippen LogP contribution in [0.2, 0.25) is 0 Å². The molecule has 0 radical (unpaired) electrons. The van der Waals surface area contributed by atoms with E-state index in [1.165, 1.54) is 12.8 Å². The summed E-state index contributed by atoms with van der Waals surface area (Å²) in [5, 5.41) is 7.41. The molecule has 3 rings (SSSR count). The fourth-order valence-electron chi connectivity index (χ4n) is 2.36. The van der Waals surface area contributed by atoms with E-state index in [9.17, 15) is 0 Å². The van der Waals surface area contributed by atoms with Crippen molar-refractivity contribution < 1.29 is 4.52 Å². The van der Waals surface area contributed by atoms with E-state index in [4.69, 9.17) is 4.52 Å². The SMILES string of the molecule is CNC(Cc1nc(-c2ccncc2C)no1)C1CC1.